The van der Waals surface area contributed by atoms with Crippen molar-refractivity contribution >= 4 is 16.9 Å². The summed E-state index contributed by atoms with van der Waals surface area (Å²) in [5.74, 6) is 1.17. The van der Waals surface area contributed by atoms with E-state index in [-0.39, 0.29) is 5.75 Å². The van der Waals surface area contributed by atoms with E-state index < -0.39 is 5.82 Å². The first-order valence-corrected chi connectivity index (χ1v) is 9.69. The number of methoxy groups -OCH3 is 2. The predicted octanol–water partition coefficient (Wildman–Crippen LogP) is 3.33. The van der Waals surface area contributed by atoms with Crippen LogP contribution in [0.3, 0.4) is 0 Å². The summed E-state index contributed by atoms with van der Waals surface area (Å²) in [4.78, 5) is 7.59. The number of guanidine groups is 1. The normalized spacial score (nSPS) is 11.5. The molecule has 0 aliphatic carbocycles. The molecule has 0 atom stereocenters. The van der Waals surface area contributed by atoms with E-state index in [0.717, 1.165) is 53.0 Å². The van der Waals surface area contributed by atoms with Gasteiger partial charge in [0.15, 0.2) is 17.5 Å². The number of H-pyrrole nitrogens is 1. The highest BCUT2D eigenvalue weighted by Crippen LogP contribution is 2.31. The maximum atomic E-state index is 13.4. The Morgan fingerprint density at radius 2 is 1.97 bits per heavy atom. The molecule has 1 aromatic heterocycles. The number of nitrogens with one attached hydrogen (secondary N) is 3. The Bertz CT molecular complexity index is 1030. The zero-order chi connectivity index (χ0) is 21.5. The molecule has 0 unspecified atom stereocenters. The van der Waals surface area contributed by atoms with E-state index >= 15 is 0 Å². The molecule has 0 saturated heterocycles. The number of benzene rings is 2. The topological polar surface area (TPSA) is 90.9 Å². The van der Waals surface area contributed by atoms with Crippen LogP contribution in [0.4, 0.5) is 4.39 Å². The Morgan fingerprint density at radius 3 is 2.67 bits per heavy atom. The number of hydrogen-bond donors (Lipinski definition) is 4. The number of phenols is 1. The summed E-state index contributed by atoms with van der Waals surface area (Å²) in [6.07, 6.45) is 1.74. The van der Waals surface area contributed by atoms with Crippen molar-refractivity contribution in [1.29, 1.82) is 0 Å². The Hall–Kier alpha value is -3.42. The third kappa shape index (κ3) is 5.14. The molecule has 0 saturated carbocycles. The van der Waals surface area contributed by atoms with Gasteiger partial charge in [-0.05, 0) is 36.6 Å². The van der Waals surface area contributed by atoms with Crippen molar-refractivity contribution in [1.82, 2.24) is 15.6 Å². The number of aliphatic imine (C=N–C) groups is 1. The van der Waals surface area contributed by atoms with Gasteiger partial charge in [0, 0.05) is 43.4 Å². The fourth-order valence-corrected chi connectivity index (χ4v) is 3.21. The number of aryl methyl sites for hydroxylation is 1. The quantitative estimate of drug-likeness (QED) is 0.258. The number of hydrogen-bond acceptors (Lipinski definition) is 4. The van der Waals surface area contributed by atoms with Gasteiger partial charge in [0.25, 0.3) is 0 Å². The lowest BCUT2D eigenvalue weighted by Crippen LogP contribution is -2.37. The summed E-state index contributed by atoms with van der Waals surface area (Å²) in [6, 6.07) is 10.2. The van der Waals surface area contributed by atoms with Crippen molar-refractivity contribution in [2.75, 3.05) is 27.8 Å². The Labute approximate surface area is 174 Å². The molecule has 3 aromatic rings. The van der Waals surface area contributed by atoms with Crippen LogP contribution >= 0.6 is 0 Å². The molecule has 1 heterocycles. The van der Waals surface area contributed by atoms with E-state index in [1.54, 1.807) is 27.3 Å². The second-order valence-electron chi connectivity index (χ2n) is 6.83. The highest BCUT2D eigenvalue weighted by molar-refractivity contribution is 5.88. The monoisotopic (exact) mass is 414 g/mol. The average Bonchev–Trinajstić information content (AvgIpc) is 3.17. The molecule has 0 fully saturated rings. The SMILES string of the molecule is CN=C(NCCCc1cc2c(OC)cc(OC)cc2[nH]1)NCc1ccc(O)c(F)c1. The lowest BCUT2D eigenvalue weighted by molar-refractivity contribution is 0.398. The molecule has 0 spiro atoms. The number of halogens is 1. The molecule has 0 bridgehead atoms. The third-order valence-electron chi connectivity index (χ3n) is 4.80. The molecule has 2 aromatic carbocycles. The van der Waals surface area contributed by atoms with Gasteiger partial charge in [0.05, 0.1) is 19.7 Å². The van der Waals surface area contributed by atoms with E-state index in [1.165, 1.54) is 12.1 Å². The number of aromatic amines is 1. The molecule has 7 nitrogen and oxygen atoms in total. The van der Waals surface area contributed by atoms with Crippen LogP contribution in [-0.4, -0.2) is 43.9 Å². The summed E-state index contributed by atoms with van der Waals surface area (Å²) >= 11 is 0. The smallest absolute Gasteiger partial charge is 0.191 e. The third-order valence-corrected chi connectivity index (χ3v) is 4.80. The van der Waals surface area contributed by atoms with E-state index in [2.05, 4.69) is 26.7 Å². The second kappa shape index (κ2) is 9.87. The van der Waals surface area contributed by atoms with E-state index in [1.807, 2.05) is 12.1 Å². The van der Waals surface area contributed by atoms with Crippen LogP contribution in [0.25, 0.3) is 10.9 Å². The molecule has 0 aliphatic rings. The van der Waals surface area contributed by atoms with Crippen LogP contribution in [0.15, 0.2) is 41.4 Å². The maximum Gasteiger partial charge on any atom is 0.191 e. The average molecular weight is 414 g/mol. The number of ether oxygens (including phenoxy) is 2. The molecule has 3 rings (SSSR count). The first kappa shape index (κ1) is 21.3. The number of rotatable bonds is 8. The van der Waals surface area contributed by atoms with Gasteiger partial charge in [-0.1, -0.05) is 6.07 Å². The Kier molecular flexibility index (Phi) is 7.00. The summed E-state index contributed by atoms with van der Waals surface area (Å²) in [5.41, 5.74) is 2.81. The fourth-order valence-electron chi connectivity index (χ4n) is 3.21. The molecule has 4 N–H and O–H groups in total. The maximum absolute atomic E-state index is 13.4. The minimum Gasteiger partial charge on any atom is -0.505 e. The van der Waals surface area contributed by atoms with Crippen LogP contribution in [0.1, 0.15) is 17.7 Å². The van der Waals surface area contributed by atoms with Crippen LogP contribution in [-0.2, 0) is 13.0 Å². The first-order chi connectivity index (χ1) is 14.5. The van der Waals surface area contributed by atoms with Gasteiger partial charge in [-0.2, -0.15) is 0 Å². The number of nitrogens with zero attached hydrogens (tertiary/aromatic N) is 1. The lowest BCUT2D eigenvalue weighted by atomic mass is 10.2. The van der Waals surface area contributed by atoms with Crippen LogP contribution in [0, 0.1) is 5.82 Å². The van der Waals surface area contributed by atoms with Gasteiger partial charge < -0.3 is 30.2 Å². The number of aromatic nitrogens is 1. The lowest BCUT2D eigenvalue weighted by Gasteiger charge is -2.12. The fraction of sp³-hybridized carbons (Fsp3) is 0.318. The highest BCUT2D eigenvalue weighted by atomic mass is 19.1. The van der Waals surface area contributed by atoms with Crippen molar-refractivity contribution in [2.24, 2.45) is 4.99 Å². The standard InChI is InChI=1S/C22H27FN4O3/c1-24-22(26-13-14-6-7-20(28)18(23)9-14)25-8-4-5-15-10-17-19(27-15)11-16(29-2)12-21(17)30-3/h6-7,9-12,27-28H,4-5,8,13H2,1-3H3,(H2,24,25,26). The zero-order valence-electron chi connectivity index (χ0n) is 17.4. The van der Waals surface area contributed by atoms with Crippen LogP contribution in [0.5, 0.6) is 17.2 Å². The molecular weight excluding hydrogens is 387 g/mol. The zero-order valence-corrected chi connectivity index (χ0v) is 17.4. The highest BCUT2D eigenvalue weighted by Gasteiger charge is 2.09. The molecule has 30 heavy (non-hydrogen) atoms. The molecule has 0 aliphatic heterocycles. The van der Waals surface area contributed by atoms with Crippen molar-refractivity contribution in [3.8, 4) is 17.2 Å². The molecule has 0 amide bonds. The van der Waals surface area contributed by atoms with Gasteiger partial charge in [-0.25, -0.2) is 4.39 Å². The number of aromatic hydroxyl groups is 1. The summed E-state index contributed by atoms with van der Waals surface area (Å²) in [5, 5.41) is 16.7. The van der Waals surface area contributed by atoms with Crippen molar-refractivity contribution < 1.29 is 19.0 Å². The largest absolute Gasteiger partial charge is 0.505 e. The van der Waals surface area contributed by atoms with Crippen LogP contribution < -0.4 is 20.1 Å². The van der Waals surface area contributed by atoms with Crippen molar-refractivity contribution in [2.45, 2.75) is 19.4 Å². The number of phenolic OH excluding ortho intramolecular Hbond substituents is 1. The Morgan fingerprint density at radius 1 is 1.13 bits per heavy atom. The molecular formula is C22H27FN4O3. The van der Waals surface area contributed by atoms with E-state index in [4.69, 9.17) is 9.47 Å². The molecule has 160 valence electrons. The van der Waals surface area contributed by atoms with Gasteiger partial charge >= 0.3 is 0 Å². The minimum atomic E-state index is -0.634. The predicted molar refractivity (Wildman–Crippen MR) is 116 cm³/mol. The second-order valence-corrected chi connectivity index (χ2v) is 6.83. The van der Waals surface area contributed by atoms with Gasteiger partial charge in [0.2, 0.25) is 0 Å². The first-order valence-electron chi connectivity index (χ1n) is 9.69. The van der Waals surface area contributed by atoms with Crippen LogP contribution in [0.2, 0.25) is 0 Å². The molecule has 0 radical (unpaired) electrons. The van der Waals surface area contributed by atoms with Gasteiger partial charge in [-0.3, -0.25) is 4.99 Å². The molecule has 8 heteroatoms. The van der Waals surface area contributed by atoms with Gasteiger partial charge in [-0.15, -0.1) is 0 Å². The van der Waals surface area contributed by atoms with E-state index in [0.29, 0.717) is 12.5 Å². The van der Waals surface area contributed by atoms with Gasteiger partial charge in [0.1, 0.15) is 11.5 Å². The minimum absolute atomic E-state index is 0.353. The summed E-state index contributed by atoms with van der Waals surface area (Å²) < 4.78 is 24.2. The van der Waals surface area contributed by atoms with Crippen molar-refractivity contribution in [3.05, 3.63) is 53.5 Å². The summed E-state index contributed by atoms with van der Waals surface area (Å²) in [6.45, 7) is 1.12. The van der Waals surface area contributed by atoms with E-state index in [9.17, 15) is 9.50 Å². The Balaban J connectivity index is 1.50. The van der Waals surface area contributed by atoms with Crippen molar-refractivity contribution in [3.63, 3.8) is 0 Å². The number of fused-ring (bicyclic) bond motifs is 1. The summed E-state index contributed by atoms with van der Waals surface area (Å²) in [7, 11) is 4.97.